The lowest BCUT2D eigenvalue weighted by Gasteiger charge is -2.25. The Morgan fingerprint density at radius 2 is 1.79 bits per heavy atom. The Hall–Kier alpha value is -0.580. The van der Waals surface area contributed by atoms with Gasteiger partial charge in [-0.05, 0) is 31.6 Å². The van der Waals surface area contributed by atoms with E-state index in [1.54, 1.807) is 0 Å². The number of sulfone groups is 1. The second-order valence-electron chi connectivity index (χ2n) is 4.21. The highest BCUT2D eigenvalue weighted by molar-refractivity contribution is 7.90. The molecule has 14 heavy (non-hydrogen) atoms. The van der Waals surface area contributed by atoms with Crippen LogP contribution in [0.1, 0.15) is 25.7 Å². The molecule has 1 rings (SSSR count). The van der Waals surface area contributed by atoms with Gasteiger partial charge in [0.15, 0.2) is 0 Å². The third kappa shape index (κ3) is 3.65. The Balaban J connectivity index is 2.40. The summed E-state index contributed by atoms with van der Waals surface area (Å²) in [6.45, 7) is 0. The zero-order valence-corrected chi connectivity index (χ0v) is 9.22. The van der Waals surface area contributed by atoms with Crippen molar-refractivity contribution in [2.75, 3.05) is 12.0 Å². The Bertz CT molecular complexity index is 302. The average Bonchev–Trinajstić information content (AvgIpc) is 2.02. The maximum Gasteiger partial charge on any atom is 0.220 e. The molecule has 5 heteroatoms. The number of primary amides is 1. The van der Waals surface area contributed by atoms with Crippen LogP contribution in [0.25, 0.3) is 0 Å². The van der Waals surface area contributed by atoms with Crippen LogP contribution in [0.3, 0.4) is 0 Å². The predicted molar refractivity (Wildman–Crippen MR) is 54.4 cm³/mol. The fourth-order valence-corrected chi connectivity index (χ4v) is 3.23. The summed E-state index contributed by atoms with van der Waals surface area (Å²) < 4.78 is 22.0. The molecule has 0 aromatic rings. The predicted octanol–water partition coefficient (Wildman–Crippen LogP) is 0.323. The molecule has 1 saturated carbocycles. The summed E-state index contributed by atoms with van der Waals surface area (Å²) >= 11 is 0. The van der Waals surface area contributed by atoms with Crippen LogP contribution < -0.4 is 5.73 Å². The van der Waals surface area contributed by atoms with E-state index in [1.807, 2.05) is 0 Å². The van der Waals surface area contributed by atoms with E-state index < -0.39 is 9.84 Å². The fraction of sp³-hybridized carbons (Fsp3) is 0.889. The molecule has 1 amide bonds. The van der Waals surface area contributed by atoms with Gasteiger partial charge >= 0.3 is 0 Å². The molecule has 0 spiro atoms. The lowest BCUT2D eigenvalue weighted by atomic mass is 9.83. The van der Waals surface area contributed by atoms with E-state index in [2.05, 4.69) is 0 Å². The first-order chi connectivity index (χ1) is 6.38. The van der Waals surface area contributed by atoms with Gasteiger partial charge in [-0.2, -0.15) is 0 Å². The number of carbonyl (C=O) groups is 1. The Kier molecular flexibility index (Phi) is 3.53. The molecule has 1 aliphatic carbocycles. The molecule has 0 bridgehead atoms. The minimum atomic E-state index is -2.88. The van der Waals surface area contributed by atoms with Gasteiger partial charge in [0.05, 0.1) is 5.75 Å². The topological polar surface area (TPSA) is 77.2 Å². The van der Waals surface area contributed by atoms with Crippen molar-refractivity contribution in [3.63, 3.8) is 0 Å². The molecule has 1 aliphatic rings. The van der Waals surface area contributed by atoms with Gasteiger partial charge in [-0.3, -0.25) is 4.79 Å². The first-order valence-electron chi connectivity index (χ1n) is 4.85. The number of amides is 1. The molecule has 4 nitrogen and oxygen atoms in total. The maximum absolute atomic E-state index is 11.0. The standard InChI is InChI=1S/C9H17NO3S/c1-14(12,13)6-7-2-4-8(5-3-7)9(10)11/h7-8H,2-6H2,1H3,(H2,10,11). The largest absolute Gasteiger partial charge is 0.369 e. The summed E-state index contributed by atoms with van der Waals surface area (Å²) in [6.07, 6.45) is 4.36. The Morgan fingerprint density at radius 1 is 1.29 bits per heavy atom. The molecule has 0 radical (unpaired) electrons. The van der Waals surface area contributed by atoms with Crippen LogP contribution in [0.15, 0.2) is 0 Å². The van der Waals surface area contributed by atoms with Gasteiger partial charge in [0.2, 0.25) is 5.91 Å². The van der Waals surface area contributed by atoms with Gasteiger partial charge in [-0.25, -0.2) is 8.42 Å². The first kappa shape index (κ1) is 11.5. The minimum absolute atomic E-state index is 0.0363. The second-order valence-corrected chi connectivity index (χ2v) is 6.40. The van der Waals surface area contributed by atoms with Gasteiger partial charge < -0.3 is 5.73 Å². The minimum Gasteiger partial charge on any atom is -0.369 e. The molecule has 0 unspecified atom stereocenters. The molecule has 2 N–H and O–H groups in total. The molecule has 0 aromatic heterocycles. The normalized spacial score (nSPS) is 28.6. The van der Waals surface area contributed by atoms with Crippen molar-refractivity contribution >= 4 is 15.7 Å². The number of hydrogen-bond donors (Lipinski definition) is 1. The van der Waals surface area contributed by atoms with Gasteiger partial charge in [0, 0.05) is 12.2 Å². The molecule has 0 aliphatic heterocycles. The molecule has 0 saturated heterocycles. The van der Waals surface area contributed by atoms with Crippen molar-refractivity contribution in [1.82, 2.24) is 0 Å². The average molecular weight is 219 g/mol. The van der Waals surface area contributed by atoms with Crippen LogP contribution in [0.5, 0.6) is 0 Å². The summed E-state index contributed by atoms with van der Waals surface area (Å²) in [4.78, 5) is 10.9. The van der Waals surface area contributed by atoms with Crippen LogP contribution in [-0.2, 0) is 14.6 Å². The summed E-state index contributed by atoms with van der Waals surface area (Å²) in [5.41, 5.74) is 5.18. The SMILES string of the molecule is CS(=O)(=O)CC1CCC(C(N)=O)CC1. The van der Waals surface area contributed by atoms with Crippen molar-refractivity contribution in [2.24, 2.45) is 17.6 Å². The van der Waals surface area contributed by atoms with E-state index in [0.29, 0.717) is 0 Å². The van der Waals surface area contributed by atoms with Gasteiger partial charge in [0.25, 0.3) is 0 Å². The highest BCUT2D eigenvalue weighted by Gasteiger charge is 2.26. The molecule has 0 atom stereocenters. The molecule has 82 valence electrons. The highest BCUT2D eigenvalue weighted by atomic mass is 32.2. The third-order valence-electron chi connectivity index (χ3n) is 2.79. The lowest BCUT2D eigenvalue weighted by Crippen LogP contribution is -2.29. The van der Waals surface area contributed by atoms with Crippen LogP contribution in [0, 0.1) is 11.8 Å². The summed E-state index contributed by atoms with van der Waals surface area (Å²) in [6, 6.07) is 0. The van der Waals surface area contributed by atoms with E-state index in [-0.39, 0.29) is 23.5 Å². The number of hydrogen-bond acceptors (Lipinski definition) is 3. The zero-order chi connectivity index (χ0) is 10.8. The van der Waals surface area contributed by atoms with Crippen LogP contribution in [0.4, 0.5) is 0 Å². The van der Waals surface area contributed by atoms with Gasteiger partial charge in [0.1, 0.15) is 9.84 Å². The van der Waals surface area contributed by atoms with Crippen molar-refractivity contribution in [1.29, 1.82) is 0 Å². The highest BCUT2D eigenvalue weighted by Crippen LogP contribution is 2.29. The quantitative estimate of drug-likeness (QED) is 0.742. The first-order valence-corrected chi connectivity index (χ1v) is 6.91. The second kappa shape index (κ2) is 4.29. The Labute approximate surface area is 84.8 Å². The fourth-order valence-electron chi connectivity index (χ4n) is 2.04. The van der Waals surface area contributed by atoms with E-state index >= 15 is 0 Å². The lowest BCUT2D eigenvalue weighted by molar-refractivity contribution is -0.122. The van der Waals surface area contributed by atoms with Gasteiger partial charge in [-0.15, -0.1) is 0 Å². The molecule has 0 aromatic carbocycles. The van der Waals surface area contributed by atoms with Gasteiger partial charge in [-0.1, -0.05) is 0 Å². The summed E-state index contributed by atoms with van der Waals surface area (Å²) in [5, 5.41) is 0. The van der Waals surface area contributed by atoms with E-state index in [0.717, 1.165) is 25.7 Å². The number of nitrogens with two attached hydrogens (primary N) is 1. The third-order valence-corrected chi connectivity index (χ3v) is 3.86. The maximum atomic E-state index is 11.0. The van der Waals surface area contributed by atoms with Crippen molar-refractivity contribution in [3.8, 4) is 0 Å². The summed E-state index contributed by atoms with van der Waals surface area (Å²) in [7, 11) is -2.88. The monoisotopic (exact) mass is 219 g/mol. The van der Waals surface area contributed by atoms with E-state index in [1.165, 1.54) is 6.26 Å². The number of carbonyl (C=O) groups excluding carboxylic acids is 1. The van der Waals surface area contributed by atoms with Crippen LogP contribution in [-0.4, -0.2) is 26.3 Å². The Morgan fingerprint density at radius 3 is 2.14 bits per heavy atom. The van der Waals surface area contributed by atoms with E-state index in [4.69, 9.17) is 5.73 Å². The van der Waals surface area contributed by atoms with Crippen LogP contribution >= 0.6 is 0 Å². The molecule has 1 fully saturated rings. The summed E-state index contributed by atoms with van der Waals surface area (Å²) in [5.74, 6) is 0.188. The van der Waals surface area contributed by atoms with Crippen molar-refractivity contribution in [2.45, 2.75) is 25.7 Å². The van der Waals surface area contributed by atoms with E-state index in [9.17, 15) is 13.2 Å². The zero-order valence-electron chi connectivity index (χ0n) is 8.40. The molecular weight excluding hydrogens is 202 g/mol. The molecular formula is C9H17NO3S. The smallest absolute Gasteiger partial charge is 0.220 e. The number of rotatable bonds is 3. The van der Waals surface area contributed by atoms with Crippen LogP contribution in [0.2, 0.25) is 0 Å². The van der Waals surface area contributed by atoms with Crippen molar-refractivity contribution < 1.29 is 13.2 Å². The molecule has 0 heterocycles. The van der Waals surface area contributed by atoms with Crippen molar-refractivity contribution in [3.05, 3.63) is 0 Å².